The van der Waals surface area contributed by atoms with E-state index in [1.807, 2.05) is 24.7 Å². The fourth-order valence-corrected chi connectivity index (χ4v) is 2.61. The molecule has 2 heterocycles. The van der Waals surface area contributed by atoms with Gasteiger partial charge in [0.15, 0.2) is 0 Å². The number of likely N-dealkylation sites (N-methyl/N-ethyl adjacent to an activating group) is 1. The van der Waals surface area contributed by atoms with E-state index in [9.17, 15) is 0 Å². The van der Waals surface area contributed by atoms with Gasteiger partial charge in [0, 0.05) is 18.2 Å². The lowest BCUT2D eigenvalue weighted by Gasteiger charge is -2.11. The summed E-state index contributed by atoms with van der Waals surface area (Å²) >= 11 is 0. The van der Waals surface area contributed by atoms with Gasteiger partial charge in [0.25, 0.3) is 0 Å². The first-order chi connectivity index (χ1) is 10.3. The van der Waals surface area contributed by atoms with E-state index in [4.69, 9.17) is 9.47 Å². The Hall–Kier alpha value is -2.01. The largest absolute Gasteiger partial charge is 0.491 e. The first-order valence-corrected chi connectivity index (χ1v) is 7.43. The third kappa shape index (κ3) is 2.88. The van der Waals surface area contributed by atoms with Gasteiger partial charge in [-0.3, -0.25) is 0 Å². The van der Waals surface area contributed by atoms with Crippen molar-refractivity contribution in [1.82, 2.24) is 14.9 Å². The van der Waals surface area contributed by atoms with Gasteiger partial charge in [-0.1, -0.05) is 6.92 Å². The highest BCUT2D eigenvalue weighted by molar-refractivity contribution is 5.45. The van der Waals surface area contributed by atoms with Crippen LogP contribution >= 0.6 is 0 Å². The lowest BCUT2D eigenvalue weighted by molar-refractivity contribution is 0.290. The lowest BCUT2D eigenvalue weighted by atomic mass is 10.1. The van der Waals surface area contributed by atoms with Crippen LogP contribution in [0.5, 0.6) is 11.5 Å². The van der Waals surface area contributed by atoms with Gasteiger partial charge >= 0.3 is 0 Å². The molecule has 1 aliphatic heterocycles. The van der Waals surface area contributed by atoms with E-state index in [1.165, 1.54) is 5.56 Å². The number of fused-ring (bicyclic) bond motifs is 1. The molecule has 5 heteroatoms. The molecule has 21 heavy (non-hydrogen) atoms. The zero-order valence-corrected chi connectivity index (χ0v) is 12.5. The van der Waals surface area contributed by atoms with Crippen LogP contribution in [0.1, 0.15) is 31.1 Å². The second-order valence-corrected chi connectivity index (χ2v) is 5.08. The molecule has 112 valence electrons. The molecule has 0 aliphatic carbocycles. The molecule has 0 saturated carbocycles. The Morgan fingerprint density at radius 3 is 3.14 bits per heavy atom. The predicted molar refractivity (Wildman–Crippen MR) is 80.6 cm³/mol. The Morgan fingerprint density at radius 1 is 1.43 bits per heavy atom. The number of benzene rings is 1. The molecule has 1 unspecified atom stereocenters. The Balaban J connectivity index is 1.68. The van der Waals surface area contributed by atoms with E-state index in [0.29, 0.717) is 19.3 Å². The normalized spacial score (nSPS) is 16.6. The highest BCUT2D eigenvalue weighted by Gasteiger charge is 2.23. The van der Waals surface area contributed by atoms with Gasteiger partial charge in [-0.05, 0) is 25.6 Å². The summed E-state index contributed by atoms with van der Waals surface area (Å²) in [5, 5.41) is 3.41. The van der Waals surface area contributed by atoms with Crippen molar-refractivity contribution in [2.24, 2.45) is 0 Å². The fraction of sp³-hybridized carbons (Fsp3) is 0.438. The van der Waals surface area contributed by atoms with Crippen molar-refractivity contribution in [3.63, 3.8) is 0 Å². The maximum atomic E-state index is 5.85. The Labute approximate surface area is 124 Å². The van der Waals surface area contributed by atoms with Crippen LogP contribution in [0.3, 0.4) is 0 Å². The van der Waals surface area contributed by atoms with Crippen molar-refractivity contribution < 1.29 is 9.47 Å². The van der Waals surface area contributed by atoms with Gasteiger partial charge in [-0.15, -0.1) is 0 Å². The molecule has 3 rings (SSSR count). The predicted octanol–water partition coefficient (Wildman–Crippen LogP) is 2.53. The zero-order valence-electron chi connectivity index (χ0n) is 12.5. The molecule has 1 aromatic heterocycles. The Morgan fingerprint density at radius 2 is 2.33 bits per heavy atom. The van der Waals surface area contributed by atoms with Crippen LogP contribution in [0, 0.1) is 0 Å². The first-order valence-electron chi connectivity index (χ1n) is 7.43. The summed E-state index contributed by atoms with van der Waals surface area (Å²) in [4.78, 5) is 4.14. The van der Waals surface area contributed by atoms with Crippen LogP contribution in [0.2, 0.25) is 0 Å². The van der Waals surface area contributed by atoms with E-state index < -0.39 is 0 Å². The molecule has 0 amide bonds. The smallest absolute Gasteiger partial charge is 0.130 e. The van der Waals surface area contributed by atoms with E-state index in [1.54, 1.807) is 0 Å². The van der Waals surface area contributed by atoms with Gasteiger partial charge in [-0.2, -0.15) is 0 Å². The summed E-state index contributed by atoms with van der Waals surface area (Å²) in [5.41, 5.74) is 2.28. The van der Waals surface area contributed by atoms with Gasteiger partial charge in [0.2, 0.25) is 0 Å². The Bertz CT molecular complexity index is 609. The van der Waals surface area contributed by atoms with Crippen LogP contribution in [-0.4, -0.2) is 22.7 Å². The number of aromatic nitrogens is 2. The summed E-state index contributed by atoms with van der Waals surface area (Å²) in [5.74, 6) is 1.75. The third-order valence-electron chi connectivity index (χ3n) is 3.74. The van der Waals surface area contributed by atoms with E-state index in [0.717, 1.165) is 30.3 Å². The molecule has 1 aromatic carbocycles. The van der Waals surface area contributed by atoms with Crippen molar-refractivity contribution in [3.05, 3.63) is 42.0 Å². The number of imidazole rings is 1. The quantitative estimate of drug-likeness (QED) is 0.887. The maximum Gasteiger partial charge on any atom is 0.130 e. The first kappa shape index (κ1) is 13.9. The second kappa shape index (κ2) is 6.18. The van der Waals surface area contributed by atoms with Gasteiger partial charge in [0.1, 0.15) is 24.7 Å². The van der Waals surface area contributed by atoms with Gasteiger partial charge in [-0.25, -0.2) is 4.98 Å². The van der Waals surface area contributed by atoms with Crippen molar-refractivity contribution in [1.29, 1.82) is 0 Å². The van der Waals surface area contributed by atoms with E-state index in [-0.39, 0.29) is 0 Å². The number of aryl methyl sites for hydroxylation is 1. The number of nitrogens with zero attached hydrogens (tertiary/aromatic N) is 2. The van der Waals surface area contributed by atoms with Crippen molar-refractivity contribution >= 4 is 0 Å². The summed E-state index contributed by atoms with van der Waals surface area (Å²) in [6, 6.07) is 6.35. The number of hydrogen-bond acceptors (Lipinski definition) is 4. The van der Waals surface area contributed by atoms with Gasteiger partial charge in [0.05, 0.1) is 24.3 Å². The minimum atomic E-state index is 0.292. The van der Waals surface area contributed by atoms with Crippen LogP contribution in [0.25, 0.3) is 0 Å². The molecule has 5 nitrogen and oxygen atoms in total. The highest BCUT2D eigenvalue weighted by atomic mass is 16.5. The van der Waals surface area contributed by atoms with Crippen molar-refractivity contribution in [2.45, 2.75) is 33.0 Å². The molecule has 0 bridgehead atoms. The molecular weight excluding hydrogens is 266 g/mol. The fourth-order valence-electron chi connectivity index (χ4n) is 2.61. The SMILES string of the molecule is CCNC1COc2cc(OCc3cncn3CC)ccc21. The molecule has 0 fully saturated rings. The Kier molecular flexibility index (Phi) is 4.10. The van der Waals surface area contributed by atoms with Crippen LogP contribution in [0.4, 0.5) is 0 Å². The van der Waals surface area contributed by atoms with Crippen LogP contribution < -0.4 is 14.8 Å². The minimum Gasteiger partial charge on any atom is -0.491 e. The van der Waals surface area contributed by atoms with Crippen LogP contribution in [0.15, 0.2) is 30.7 Å². The third-order valence-corrected chi connectivity index (χ3v) is 3.74. The van der Waals surface area contributed by atoms with Crippen molar-refractivity contribution in [3.8, 4) is 11.5 Å². The molecule has 0 spiro atoms. The average molecular weight is 287 g/mol. The maximum absolute atomic E-state index is 5.85. The minimum absolute atomic E-state index is 0.292. The monoisotopic (exact) mass is 287 g/mol. The summed E-state index contributed by atoms with van der Waals surface area (Å²) < 4.78 is 13.7. The van der Waals surface area contributed by atoms with E-state index >= 15 is 0 Å². The van der Waals surface area contributed by atoms with Crippen LogP contribution in [-0.2, 0) is 13.2 Å². The number of rotatable bonds is 6. The molecular formula is C16H21N3O2. The topological polar surface area (TPSA) is 48.3 Å². The average Bonchev–Trinajstić information content (AvgIpc) is 3.12. The molecule has 0 saturated heterocycles. The molecule has 2 aromatic rings. The summed E-state index contributed by atoms with van der Waals surface area (Å²) in [7, 11) is 0. The second-order valence-electron chi connectivity index (χ2n) is 5.08. The number of nitrogens with one attached hydrogen (secondary N) is 1. The molecule has 1 N–H and O–H groups in total. The highest BCUT2D eigenvalue weighted by Crippen LogP contribution is 2.35. The summed E-state index contributed by atoms with van der Waals surface area (Å²) in [6.45, 7) is 7.24. The number of ether oxygens (including phenoxy) is 2. The molecule has 0 radical (unpaired) electrons. The van der Waals surface area contributed by atoms with Gasteiger partial charge < -0.3 is 19.4 Å². The van der Waals surface area contributed by atoms with E-state index in [2.05, 4.69) is 34.8 Å². The molecule has 1 aliphatic rings. The molecule has 1 atom stereocenters. The number of hydrogen-bond donors (Lipinski definition) is 1. The van der Waals surface area contributed by atoms with Crippen molar-refractivity contribution in [2.75, 3.05) is 13.2 Å². The standard InChI is InChI=1S/C16H21N3O2/c1-3-18-15-10-21-16-7-13(5-6-14(15)16)20-9-12-8-17-11-19(12)4-2/h5-8,11,15,18H,3-4,9-10H2,1-2H3. The lowest BCUT2D eigenvalue weighted by Crippen LogP contribution is -2.21. The summed E-state index contributed by atoms with van der Waals surface area (Å²) in [6.07, 6.45) is 3.67. The zero-order chi connectivity index (χ0) is 14.7.